The number of carbonyl (C=O) groups is 5. The first kappa shape index (κ1) is 49.7. The van der Waals surface area contributed by atoms with Crippen molar-refractivity contribution >= 4 is 30.4 Å². The number of hydrazine groups is 1. The molecule has 6 rings (SSSR count). The zero-order valence-electron chi connectivity index (χ0n) is 38.2. The lowest BCUT2D eigenvalue weighted by molar-refractivity contribution is -0.144. The van der Waals surface area contributed by atoms with E-state index in [1.807, 2.05) is 65.5 Å². The molecule has 0 aromatic carbocycles. The van der Waals surface area contributed by atoms with Gasteiger partial charge >= 0.3 is 0 Å². The van der Waals surface area contributed by atoms with Crippen LogP contribution in [0.4, 0.5) is 0 Å². The number of allylic oxidation sites excluding steroid dienone is 2. The molecule has 2 unspecified atom stereocenters. The molecule has 0 radical (unpaired) electrons. The van der Waals surface area contributed by atoms with Gasteiger partial charge in [-0.25, -0.2) is 5.01 Å². The Morgan fingerprint density at radius 1 is 0.898 bits per heavy atom. The first-order valence-electron chi connectivity index (χ1n) is 22.2. The lowest BCUT2D eigenvalue weighted by Crippen LogP contribution is -2.60. The number of hydrogen-bond acceptors (Lipinski definition) is 8. The van der Waals surface area contributed by atoms with Crippen LogP contribution >= 0.6 is 0 Å². The maximum atomic E-state index is 14.3. The van der Waals surface area contributed by atoms with Crippen LogP contribution < -0.4 is 21.8 Å². The van der Waals surface area contributed by atoms with Gasteiger partial charge in [0.2, 0.25) is 23.6 Å². The molecular weight excluding hydrogens is 745 g/mol. The highest BCUT2D eigenvalue weighted by molar-refractivity contribution is 5.94. The Morgan fingerprint density at radius 3 is 1.90 bits per heavy atom. The molecule has 6 aliphatic rings. The standard InChI is InChI=1S/C32H54N4O4.C10H16N2O.C4H8.CH2O/c1-20(40-29(5,6)7)34-23(21-14-11-10-12-15-21)26(38)35-24(28(2,3)4)27(39)36-19-32(18-22(36)25(33)37)30(8,9)31(32)16-13-17-31;1-2-8-7-9(8)10(13)11-12-5-3-4-6-12;1-3-4-2;1-2/h21-24,34H,1,10-19H2,2-9H3,(H2,33,37)(H,35,38);2,8-9H,1,3-7H2,(H,11,13);3H,1,4H2,2H3;1H2/t22?,23?,24-,32-;8-,9+;;/m11../s1. The molecule has 2 heterocycles. The largest absolute Gasteiger partial charge is 0.474 e. The monoisotopic (exact) mass is 825 g/mol. The van der Waals surface area contributed by atoms with E-state index in [-0.39, 0.29) is 45.8 Å². The number of carbonyl (C=O) groups excluding carboxylic acids is 5. The van der Waals surface area contributed by atoms with Gasteiger partial charge in [0.05, 0.1) is 0 Å². The number of nitrogens with two attached hydrogens (primary N) is 1. The number of hydrogen-bond donors (Lipinski definition) is 4. The molecule has 0 bridgehead atoms. The minimum Gasteiger partial charge on any atom is -0.474 e. The molecule has 12 nitrogen and oxygen atoms in total. The molecule has 59 heavy (non-hydrogen) atoms. The molecule has 334 valence electrons. The Hall–Kier alpha value is -3.67. The topological polar surface area (TPSA) is 163 Å². The molecule has 4 saturated carbocycles. The minimum atomic E-state index is -0.805. The molecule has 12 heteroatoms. The molecule has 2 aliphatic heterocycles. The molecule has 4 amide bonds. The third-order valence-electron chi connectivity index (χ3n) is 14.1. The summed E-state index contributed by atoms with van der Waals surface area (Å²) in [6.45, 7) is 34.1. The summed E-state index contributed by atoms with van der Waals surface area (Å²) in [6, 6.07) is -2.02. The van der Waals surface area contributed by atoms with Crippen LogP contribution in [0.5, 0.6) is 0 Å². The average molecular weight is 825 g/mol. The van der Waals surface area contributed by atoms with Crippen molar-refractivity contribution in [2.24, 2.45) is 45.1 Å². The second-order valence-corrected chi connectivity index (χ2v) is 20.3. The summed E-state index contributed by atoms with van der Waals surface area (Å²) >= 11 is 0. The van der Waals surface area contributed by atoms with Crippen molar-refractivity contribution < 1.29 is 28.7 Å². The Bertz CT molecular complexity index is 1500. The fourth-order valence-electron chi connectivity index (χ4n) is 10.4. The van der Waals surface area contributed by atoms with Crippen LogP contribution in [0.1, 0.15) is 146 Å². The van der Waals surface area contributed by atoms with Crippen LogP contribution in [0.3, 0.4) is 0 Å². The van der Waals surface area contributed by atoms with Crippen LogP contribution in [0.2, 0.25) is 0 Å². The van der Waals surface area contributed by atoms with Gasteiger partial charge < -0.3 is 30.8 Å². The Balaban J connectivity index is 0.000000403. The molecule has 0 aromatic rings. The van der Waals surface area contributed by atoms with Crippen LogP contribution in [0, 0.1) is 39.4 Å². The SMILES string of the molecule is C=C(NC(C(=O)N[C@H](C(=O)N1C[C@]2(CC1C(N)=O)C(C)(C)C21CCC1)C(C)(C)C)C1CCCCC1)OC(C)(C)C.C=CCC.C=C[C@@H]1C[C@@H]1C(=O)NN1CCCC1.C=O. The highest BCUT2D eigenvalue weighted by Crippen LogP contribution is 2.88. The second-order valence-electron chi connectivity index (χ2n) is 20.3. The summed E-state index contributed by atoms with van der Waals surface area (Å²) in [6.07, 6.45) is 17.5. The van der Waals surface area contributed by atoms with Gasteiger partial charge in [0, 0.05) is 31.0 Å². The molecular formula is C47H80N6O6. The van der Waals surface area contributed by atoms with Gasteiger partial charge in [0.15, 0.2) is 5.88 Å². The summed E-state index contributed by atoms with van der Waals surface area (Å²) in [4.78, 5) is 62.3. The number of nitrogens with one attached hydrogen (secondary N) is 3. The Morgan fingerprint density at radius 2 is 1.47 bits per heavy atom. The molecule has 4 aliphatic carbocycles. The fourth-order valence-corrected chi connectivity index (χ4v) is 10.4. The predicted octanol–water partition coefficient (Wildman–Crippen LogP) is 6.96. The van der Waals surface area contributed by atoms with Crippen molar-refractivity contribution in [3.8, 4) is 0 Å². The van der Waals surface area contributed by atoms with Gasteiger partial charge in [-0.2, -0.15) is 0 Å². The lowest BCUT2D eigenvalue weighted by Gasteiger charge is -2.38. The van der Waals surface area contributed by atoms with E-state index in [0.29, 0.717) is 24.8 Å². The molecule has 6 fully saturated rings. The number of ether oxygens (including phenoxy) is 1. The zero-order chi connectivity index (χ0) is 44.6. The van der Waals surface area contributed by atoms with Crippen molar-refractivity contribution in [1.82, 2.24) is 26.0 Å². The number of likely N-dealkylation sites (tertiary alicyclic amines) is 1. The summed E-state index contributed by atoms with van der Waals surface area (Å²) in [5, 5.41) is 8.43. The van der Waals surface area contributed by atoms with E-state index in [1.165, 1.54) is 19.3 Å². The lowest BCUT2D eigenvalue weighted by atomic mass is 9.73. The van der Waals surface area contributed by atoms with E-state index in [9.17, 15) is 19.2 Å². The number of primary amides is 1. The van der Waals surface area contributed by atoms with E-state index in [1.54, 1.807) is 4.90 Å². The molecule has 5 N–H and O–H groups in total. The molecule has 2 spiro atoms. The normalized spacial score (nSPS) is 27.3. The highest BCUT2D eigenvalue weighted by atomic mass is 16.5. The number of fused-ring (bicyclic) bond motifs is 1. The predicted molar refractivity (Wildman–Crippen MR) is 235 cm³/mol. The van der Waals surface area contributed by atoms with E-state index in [0.717, 1.165) is 70.9 Å². The summed E-state index contributed by atoms with van der Waals surface area (Å²) in [5.41, 5.74) is 8.00. The van der Waals surface area contributed by atoms with Gasteiger partial charge in [-0.05, 0) is 113 Å². The van der Waals surface area contributed by atoms with E-state index >= 15 is 0 Å². The van der Waals surface area contributed by atoms with Crippen LogP contribution in [0.25, 0.3) is 0 Å². The second kappa shape index (κ2) is 20.3. The van der Waals surface area contributed by atoms with Crippen LogP contribution in [-0.2, 0) is 28.7 Å². The Labute approximate surface area is 356 Å². The van der Waals surface area contributed by atoms with Crippen LogP contribution in [0.15, 0.2) is 37.8 Å². The molecule has 2 saturated heterocycles. The van der Waals surface area contributed by atoms with Gasteiger partial charge in [0.25, 0.3) is 0 Å². The van der Waals surface area contributed by atoms with Gasteiger partial charge in [-0.3, -0.25) is 24.6 Å². The smallest absolute Gasteiger partial charge is 0.246 e. The van der Waals surface area contributed by atoms with Crippen molar-refractivity contribution in [3.63, 3.8) is 0 Å². The maximum Gasteiger partial charge on any atom is 0.246 e. The summed E-state index contributed by atoms with van der Waals surface area (Å²) < 4.78 is 5.92. The summed E-state index contributed by atoms with van der Waals surface area (Å²) in [5.74, 6) is 0.389. The number of rotatable bonds is 12. The average Bonchev–Trinajstić information content (AvgIpc) is 3.79. The van der Waals surface area contributed by atoms with E-state index in [2.05, 4.69) is 56.6 Å². The van der Waals surface area contributed by atoms with Gasteiger partial charge in [-0.1, -0.05) is 79.4 Å². The van der Waals surface area contributed by atoms with Crippen molar-refractivity contribution in [2.75, 3.05) is 19.6 Å². The van der Waals surface area contributed by atoms with Crippen LogP contribution in [-0.4, -0.2) is 83.7 Å². The third-order valence-corrected chi connectivity index (χ3v) is 14.1. The first-order chi connectivity index (χ1) is 27.6. The quantitative estimate of drug-likeness (QED) is 0.121. The van der Waals surface area contributed by atoms with Crippen molar-refractivity contribution in [2.45, 2.75) is 170 Å². The first-order valence-corrected chi connectivity index (χ1v) is 22.2. The Kier molecular flexibility index (Phi) is 17.1. The maximum absolute atomic E-state index is 14.3. The fraction of sp³-hybridized carbons (Fsp3) is 0.766. The van der Waals surface area contributed by atoms with Gasteiger partial charge in [0.1, 0.15) is 30.5 Å². The van der Waals surface area contributed by atoms with Crippen molar-refractivity contribution in [1.29, 1.82) is 0 Å². The molecule has 0 aromatic heterocycles. The van der Waals surface area contributed by atoms with E-state index in [4.69, 9.17) is 15.3 Å². The third kappa shape index (κ3) is 11.4. The van der Waals surface area contributed by atoms with Crippen molar-refractivity contribution in [3.05, 3.63) is 37.8 Å². The van der Waals surface area contributed by atoms with E-state index < -0.39 is 35.0 Å². The summed E-state index contributed by atoms with van der Waals surface area (Å²) in [7, 11) is 0. The number of nitrogens with zero attached hydrogens (tertiary/aromatic N) is 2. The zero-order valence-corrected chi connectivity index (χ0v) is 38.2. The van der Waals surface area contributed by atoms with Gasteiger partial charge in [-0.15, -0.1) is 13.2 Å². The number of amides is 4. The molecule has 6 atom stereocenters. The highest BCUT2D eigenvalue weighted by Gasteiger charge is 2.85. The minimum absolute atomic E-state index is 0.0604.